The van der Waals surface area contributed by atoms with Gasteiger partial charge in [-0.15, -0.1) is 0 Å². The van der Waals surface area contributed by atoms with Crippen molar-refractivity contribution in [1.82, 2.24) is 5.32 Å². The second kappa shape index (κ2) is 6.57. The van der Waals surface area contributed by atoms with Gasteiger partial charge in [0.2, 0.25) is 5.91 Å². The van der Waals surface area contributed by atoms with Gasteiger partial charge in [0.05, 0.1) is 12.5 Å². The van der Waals surface area contributed by atoms with Crippen molar-refractivity contribution in [3.05, 3.63) is 29.8 Å². The van der Waals surface area contributed by atoms with Gasteiger partial charge in [-0.2, -0.15) is 0 Å². The van der Waals surface area contributed by atoms with Crippen LogP contribution in [0.4, 0.5) is 5.69 Å². The van der Waals surface area contributed by atoms with E-state index in [0.717, 1.165) is 31.2 Å². The summed E-state index contributed by atoms with van der Waals surface area (Å²) >= 11 is 0. The first kappa shape index (κ1) is 13.9. The number of carbonyl (C=O) groups excluding carboxylic acids is 1. The molecule has 1 aliphatic rings. The Morgan fingerprint density at radius 3 is 3.00 bits per heavy atom. The van der Waals surface area contributed by atoms with E-state index in [9.17, 15) is 9.90 Å². The van der Waals surface area contributed by atoms with E-state index in [0.29, 0.717) is 24.6 Å². The molecule has 1 aromatic carbocycles. The minimum Gasteiger partial charge on any atom is -0.399 e. The summed E-state index contributed by atoms with van der Waals surface area (Å²) < 4.78 is 0. The molecular formula is C15H22N2O2. The van der Waals surface area contributed by atoms with Crippen LogP contribution in [0.25, 0.3) is 0 Å². The summed E-state index contributed by atoms with van der Waals surface area (Å²) in [6.45, 7) is 0.665. The van der Waals surface area contributed by atoms with Crippen molar-refractivity contribution >= 4 is 11.6 Å². The number of hydrogen-bond acceptors (Lipinski definition) is 3. The quantitative estimate of drug-likeness (QED) is 0.719. The highest BCUT2D eigenvalue weighted by Crippen LogP contribution is 2.23. The summed E-state index contributed by atoms with van der Waals surface area (Å²) in [6.07, 6.45) is 4.02. The number of benzene rings is 1. The van der Waals surface area contributed by atoms with Gasteiger partial charge in [0.15, 0.2) is 0 Å². The molecule has 0 spiro atoms. The van der Waals surface area contributed by atoms with E-state index < -0.39 is 0 Å². The predicted molar refractivity (Wildman–Crippen MR) is 75.5 cm³/mol. The van der Waals surface area contributed by atoms with Crippen molar-refractivity contribution in [2.75, 3.05) is 12.3 Å². The highest BCUT2D eigenvalue weighted by molar-refractivity contribution is 5.78. The molecule has 2 rings (SSSR count). The fraction of sp³-hybridized carbons (Fsp3) is 0.533. The molecular weight excluding hydrogens is 240 g/mol. The van der Waals surface area contributed by atoms with Gasteiger partial charge in [0.1, 0.15) is 0 Å². The van der Waals surface area contributed by atoms with Crippen molar-refractivity contribution in [2.45, 2.75) is 38.2 Å². The molecule has 0 saturated heterocycles. The lowest BCUT2D eigenvalue weighted by Crippen LogP contribution is -2.33. The fourth-order valence-electron chi connectivity index (χ4n) is 2.66. The molecule has 1 aliphatic carbocycles. The van der Waals surface area contributed by atoms with Gasteiger partial charge in [-0.05, 0) is 42.9 Å². The van der Waals surface area contributed by atoms with Crippen LogP contribution >= 0.6 is 0 Å². The number of hydrogen-bond donors (Lipinski definition) is 3. The highest BCUT2D eigenvalue weighted by atomic mass is 16.3. The topological polar surface area (TPSA) is 75.4 Å². The molecule has 0 aromatic heterocycles. The summed E-state index contributed by atoms with van der Waals surface area (Å²) in [5, 5.41) is 12.5. The summed E-state index contributed by atoms with van der Waals surface area (Å²) in [5.41, 5.74) is 7.29. The molecule has 4 heteroatoms. The van der Waals surface area contributed by atoms with Gasteiger partial charge >= 0.3 is 0 Å². The Labute approximate surface area is 114 Å². The first-order valence-electron chi connectivity index (χ1n) is 6.92. The van der Waals surface area contributed by atoms with Crippen molar-refractivity contribution in [3.63, 3.8) is 0 Å². The monoisotopic (exact) mass is 262 g/mol. The third-order valence-corrected chi connectivity index (χ3v) is 3.66. The number of amides is 1. The summed E-state index contributed by atoms with van der Waals surface area (Å²) in [6, 6.07) is 7.39. The Hall–Kier alpha value is -1.55. The zero-order valence-electron chi connectivity index (χ0n) is 11.1. The van der Waals surface area contributed by atoms with E-state index in [2.05, 4.69) is 5.32 Å². The Kier molecular flexibility index (Phi) is 4.80. The lowest BCUT2D eigenvalue weighted by Gasteiger charge is -2.25. The Balaban J connectivity index is 1.75. The number of nitrogen functional groups attached to an aromatic ring is 1. The largest absolute Gasteiger partial charge is 0.399 e. The van der Waals surface area contributed by atoms with Gasteiger partial charge in [-0.25, -0.2) is 0 Å². The third kappa shape index (κ3) is 4.56. The zero-order chi connectivity index (χ0) is 13.7. The van der Waals surface area contributed by atoms with Crippen molar-refractivity contribution in [2.24, 2.45) is 5.92 Å². The smallest absolute Gasteiger partial charge is 0.224 e. The number of carbonyl (C=O) groups is 1. The zero-order valence-corrected chi connectivity index (χ0v) is 11.1. The Morgan fingerprint density at radius 1 is 1.42 bits per heavy atom. The predicted octanol–water partition coefficient (Wildman–Crippen LogP) is 1.48. The number of aliphatic hydroxyl groups excluding tert-OH is 1. The number of rotatable bonds is 4. The highest BCUT2D eigenvalue weighted by Gasteiger charge is 2.20. The second-order valence-corrected chi connectivity index (χ2v) is 5.41. The lowest BCUT2D eigenvalue weighted by atomic mass is 9.87. The normalized spacial score (nSPS) is 23.0. The average molecular weight is 262 g/mol. The maximum Gasteiger partial charge on any atom is 0.224 e. The number of aliphatic hydroxyl groups is 1. The summed E-state index contributed by atoms with van der Waals surface area (Å²) in [5.74, 6) is 0.430. The number of nitrogens with two attached hydrogens (primary N) is 1. The molecule has 104 valence electrons. The van der Waals surface area contributed by atoms with Gasteiger partial charge in [0, 0.05) is 12.2 Å². The SMILES string of the molecule is Nc1cccc(CC(=O)NCC2CCCC(O)C2)c1. The number of anilines is 1. The molecule has 0 radical (unpaired) electrons. The van der Waals surface area contributed by atoms with Crippen molar-refractivity contribution in [1.29, 1.82) is 0 Å². The maximum absolute atomic E-state index is 11.8. The third-order valence-electron chi connectivity index (χ3n) is 3.66. The minimum atomic E-state index is -0.190. The van der Waals surface area contributed by atoms with Crippen LogP contribution in [0.5, 0.6) is 0 Å². The van der Waals surface area contributed by atoms with Crippen LogP contribution in [0, 0.1) is 5.92 Å². The summed E-state index contributed by atoms with van der Waals surface area (Å²) in [7, 11) is 0. The van der Waals surface area contributed by atoms with E-state index in [4.69, 9.17) is 5.73 Å². The van der Waals surface area contributed by atoms with Gasteiger partial charge in [-0.1, -0.05) is 18.6 Å². The van der Waals surface area contributed by atoms with Crippen LogP contribution in [0.3, 0.4) is 0 Å². The molecule has 1 aromatic rings. The first-order valence-corrected chi connectivity index (χ1v) is 6.92. The van der Waals surface area contributed by atoms with Gasteiger partial charge < -0.3 is 16.2 Å². The fourth-order valence-corrected chi connectivity index (χ4v) is 2.66. The van der Waals surface area contributed by atoms with Crippen molar-refractivity contribution in [3.8, 4) is 0 Å². The van der Waals surface area contributed by atoms with Crippen LogP contribution in [-0.4, -0.2) is 23.7 Å². The molecule has 4 nitrogen and oxygen atoms in total. The summed E-state index contributed by atoms with van der Waals surface area (Å²) in [4.78, 5) is 11.8. The first-order chi connectivity index (χ1) is 9.13. The average Bonchev–Trinajstić information content (AvgIpc) is 2.36. The molecule has 0 heterocycles. The van der Waals surface area contributed by atoms with Crippen LogP contribution in [0.15, 0.2) is 24.3 Å². The van der Waals surface area contributed by atoms with Crippen LogP contribution < -0.4 is 11.1 Å². The molecule has 4 N–H and O–H groups in total. The van der Waals surface area contributed by atoms with Gasteiger partial charge in [0.25, 0.3) is 0 Å². The van der Waals surface area contributed by atoms with Gasteiger partial charge in [-0.3, -0.25) is 4.79 Å². The molecule has 2 unspecified atom stereocenters. The number of nitrogens with one attached hydrogen (secondary N) is 1. The molecule has 19 heavy (non-hydrogen) atoms. The molecule has 1 fully saturated rings. The van der Waals surface area contributed by atoms with E-state index in [1.807, 2.05) is 24.3 Å². The molecule has 2 atom stereocenters. The van der Waals surface area contributed by atoms with Crippen LogP contribution in [0.2, 0.25) is 0 Å². The van der Waals surface area contributed by atoms with Crippen LogP contribution in [0.1, 0.15) is 31.2 Å². The minimum absolute atomic E-state index is 0.0191. The Bertz CT molecular complexity index is 434. The maximum atomic E-state index is 11.8. The van der Waals surface area contributed by atoms with Crippen LogP contribution in [-0.2, 0) is 11.2 Å². The molecule has 0 bridgehead atoms. The second-order valence-electron chi connectivity index (χ2n) is 5.41. The van der Waals surface area contributed by atoms with Crippen molar-refractivity contribution < 1.29 is 9.90 Å². The molecule has 1 amide bonds. The molecule has 0 aliphatic heterocycles. The van der Waals surface area contributed by atoms with E-state index in [1.54, 1.807) is 0 Å². The van der Waals surface area contributed by atoms with E-state index in [1.165, 1.54) is 0 Å². The standard InChI is InChI=1S/C15H22N2O2/c16-13-5-1-3-11(7-13)9-15(19)17-10-12-4-2-6-14(18)8-12/h1,3,5,7,12,14,18H,2,4,6,8-10,16H2,(H,17,19). The molecule has 1 saturated carbocycles. The Morgan fingerprint density at radius 2 is 2.26 bits per heavy atom. The van der Waals surface area contributed by atoms with E-state index >= 15 is 0 Å². The lowest BCUT2D eigenvalue weighted by molar-refractivity contribution is -0.120. The van der Waals surface area contributed by atoms with E-state index in [-0.39, 0.29) is 12.0 Å².